The SMILES string of the molecule is O=C(Cc1ccc(Cl)c(Cl)c1)N1CCN(CC(=O)N2CCN(C3CCCC3)CC2)CC1. The van der Waals surface area contributed by atoms with Crippen LogP contribution in [0.25, 0.3) is 0 Å². The summed E-state index contributed by atoms with van der Waals surface area (Å²) in [5.74, 6) is 0.314. The monoisotopic (exact) mass is 466 g/mol. The van der Waals surface area contributed by atoms with Gasteiger partial charge in [0.25, 0.3) is 0 Å². The summed E-state index contributed by atoms with van der Waals surface area (Å²) >= 11 is 12.0. The molecule has 8 heteroatoms. The third-order valence-electron chi connectivity index (χ3n) is 6.93. The van der Waals surface area contributed by atoms with Crippen molar-refractivity contribution >= 4 is 35.0 Å². The number of hydrogen-bond donors (Lipinski definition) is 0. The van der Waals surface area contributed by atoms with E-state index in [0.29, 0.717) is 36.1 Å². The molecule has 4 rings (SSSR count). The number of halogens is 2. The predicted molar refractivity (Wildman–Crippen MR) is 124 cm³/mol. The van der Waals surface area contributed by atoms with Crippen LogP contribution in [0.4, 0.5) is 0 Å². The van der Waals surface area contributed by atoms with Gasteiger partial charge in [-0.25, -0.2) is 0 Å². The summed E-state index contributed by atoms with van der Waals surface area (Å²) in [6, 6.07) is 6.06. The topological polar surface area (TPSA) is 47.1 Å². The molecule has 0 spiro atoms. The van der Waals surface area contributed by atoms with Crippen molar-refractivity contribution in [2.24, 2.45) is 0 Å². The Morgan fingerprint density at radius 1 is 0.806 bits per heavy atom. The van der Waals surface area contributed by atoms with Crippen LogP contribution in [0, 0.1) is 0 Å². The number of carbonyl (C=O) groups excluding carboxylic acids is 2. The smallest absolute Gasteiger partial charge is 0.236 e. The van der Waals surface area contributed by atoms with Crippen LogP contribution in [0.2, 0.25) is 10.0 Å². The standard InChI is InChI=1S/C23H32Cl2N4O2/c24-20-6-5-18(15-21(20)25)16-22(30)28-9-7-26(8-10-28)17-23(31)29-13-11-27(12-14-29)19-3-1-2-4-19/h5-6,15,19H,1-4,7-14,16-17H2. The van der Waals surface area contributed by atoms with Crippen molar-refractivity contribution < 1.29 is 9.59 Å². The average molecular weight is 467 g/mol. The van der Waals surface area contributed by atoms with E-state index in [1.807, 2.05) is 15.9 Å². The number of nitrogens with zero attached hydrogens (tertiary/aromatic N) is 4. The Morgan fingerprint density at radius 3 is 2.06 bits per heavy atom. The van der Waals surface area contributed by atoms with Crippen LogP contribution in [0.15, 0.2) is 18.2 Å². The summed E-state index contributed by atoms with van der Waals surface area (Å²) in [5, 5.41) is 0.968. The third-order valence-corrected chi connectivity index (χ3v) is 7.67. The van der Waals surface area contributed by atoms with Gasteiger partial charge >= 0.3 is 0 Å². The fourth-order valence-electron chi connectivity index (χ4n) is 4.99. The lowest BCUT2D eigenvalue weighted by Crippen LogP contribution is -2.55. The van der Waals surface area contributed by atoms with Crippen molar-refractivity contribution in [3.05, 3.63) is 33.8 Å². The Morgan fingerprint density at radius 2 is 1.42 bits per heavy atom. The van der Waals surface area contributed by atoms with Crippen LogP contribution in [0.5, 0.6) is 0 Å². The molecule has 6 nitrogen and oxygen atoms in total. The lowest BCUT2D eigenvalue weighted by Gasteiger charge is -2.39. The number of hydrogen-bond acceptors (Lipinski definition) is 4. The van der Waals surface area contributed by atoms with Crippen molar-refractivity contribution in [1.82, 2.24) is 19.6 Å². The van der Waals surface area contributed by atoms with Crippen LogP contribution in [-0.2, 0) is 16.0 Å². The van der Waals surface area contributed by atoms with Crippen LogP contribution < -0.4 is 0 Å². The van der Waals surface area contributed by atoms with E-state index in [4.69, 9.17) is 23.2 Å². The molecule has 1 aliphatic carbocycles. The Bertz CT molecular complexity index is 784. The van der Waals surface area contributed by atoms with Gasteiger partial charge in [0.15, 0.2) is 0 Å². The fraction of sp³-hybridized carbons (Fsp3) is 0.652. The number of amides is 2. The number of carbonyl (C=O) groups is 2. The lowest BCUT2D eigenvalue weighted by atomic mass is 10.1. The zero-order chi connectivity index (χ0) is 21.8. The van der Waals surface area contributed by atoms with Gasteiger partial charge in [0.2, 0.25) is 11.8 Å². The maximum absolute atomic E-state index is 12.8. The minimum Gasteiger partial charge on any atom is -0.340 e. The molecular formula is C23H32Cl2N4O2. The molecule has 0 unspecified atom stereocenters. The second-order valence-electron chi connectivity index (χ2n) is 8.94. The average Bonchev–Trinajstić information content (AvgIpc) is 3.32. The summed E-state index contributed by atoms with van der Waals surface area (Å²) in [7, 11) is 0. The fourth-order valence-corrected chi connectivity index (χ4v) is 5.31. The molecule has 0 N–H and O–H groups in total. The van der Waals surface area contributed by atoms with Gasteiger partial charge in [0, 0.05) is 58.4 Å². The largest absolute Gasteiger partial charge is 0.340 e. The van der Waals surface area contributed by atoms with E-state index in [1.165, 1.54) is 25.7 Å². The van der Waals surface area contributed by atoms with Gasteiger partial charge in [0.05, 0.1) is 23.0 Å². The van der Waals surface area contributed by atoms with E-state index in [0.717, 1.165) is 50.9 Å². The summed E-state index contributed by atoms with van der Waals surface area (Å²) in [6.07, 6.45) is 5.67. The summed E-state index contributed by atoms with van der Waals surface area (Å²) in [5.41, 5.74) is 0.869. The van der Waals surface area contributed by atoms with Crippen molar-refractivity contribution in [2.45, 2.75) is 38.1 Å². The van der Waals surface area contributed by atoms with E-state index in [-0.39, 0.29) is 11.8 Å². The highest BCUT2D eigenvalue weighted by atomic mass is 35.5. The summed E-state index contributed by atoms with van der Waals surface area (Å²) in [4.78, 5) is 34.1. The molecule has 0 bridgehead atoms. The minimum atomic E-state index is 0.0902. The van der Waals surface area contributed by atoms with Crippen molar-refractivity contribution in [3.8, 4) is 0 Å². The molecule has 0 radical (unpaired) electrons. The van der Waals surface area contributed by atoms with Crippen LogP contribution in [0.3, 0.4) is 0 Å². The normalized spacial score (nSPS) is 21.6. The first-order valence-corrected chi connectivity index (χ1v) is 12.2. The molecule has 31 heavy (non-hydrogen) atoms. The molecule has 0 aromatic heterocycles. The first-order chi connectivity index (χ1) is 15.0. The van der Waals surface area contributed by atoms with E-state index in [2.05, 4.69) is 9.80 Å². The van der Waals surface area contributed by atoms with E-state index < -0.39 is 0 Å². The Kier molecular flexibility index (Phi) is 7.75. The Labute approximate surface area is 195 Å². The first kappa shape index (κ1) is 22.8. The molecule has 2 aliphatic heterocycles. The maximum Gasteiger partial charge on any atom is 0.236 e. The third kappa shape index (κ3) is 5.92. The van der Waals surface area contributed by atoms with Crippen molar-refractivity contribution in [2.75, 3.05) is 58.9 Å². The Hall–Kier alpha value is -1.34. The van der Waals surface area contributed by atoms with Crippen LogP contribution in [-0.4, -0.2) is 96.4 Å². The summed E-state index contributed by atoms with van der Waals surface area (Å²) < 4.78 is 0. The predicted octanol–water partition coefficient (Wildman–Crippen LogP) is 2.77. The highest BCUT2D eigenvalue weighted by molar-refractivity contribution is 6.42. The molecule has 2 saturated heterocycles. The number of benzene rings is 1. The second-order valence-corrected chi connectivity index (χ2v) is 9.75. The maximum atomic E-state index is 12.8. The van der Waals surface area contributed by atoms with Gasteiger partial charge in [-0.1, -0.05) is 42.1 Å². The van der Waals surface area contributed by atoms with E-state index in [9.17, 15) is 9.59 Å². The second kappa shape index (κ2) is 10.5. The van der Waals surface area contributed by atoms with E-state index in [1.54, 1.807) is 12.1 Å². The van der Waals surface area contributed by atoms with Crippen molar-refractivity contribution in [1.29, 1.82) is 0 Å². The van der Waals surface area contributed by atoms with Crippen molar-refractivity contribution in [3.63, 3.8) is 0 Å². The highest BCUT2D eigenvalue weighted by Crippen LogP contribution is 2.25. The van der Waals surface area contributed by atoms with Gasteiger partial charge in [-0.3, -0.25) is 19.4 Å². The lowest BCUT2D eigenvalue weighted by molar-refractivity contribution is -0.136. The molecule has 2 heterocycles. The molecule has 1 saturated carbocycles. The van der Waals surface area contributed by atoms with Gasteiger partial charge in [-0.15, -0.1) is 0 Å². The highest BCUT2D eigenvalue weighted by Gasteiger charge is 2.29. The number of rotatable bonds is 5. The number of piperazine rings is 2. The molecular weight excluding hydrogens is 435 g/mol. The minimum absolute atomic E-state index is 0.0902. The Balaban J connectivity index is 1.18. The summed E-state index contributed by atoms with van der Waals surface area (Å²) in [6.45, 7) is 6.95. The molecule has 1 aromatic rings. The molecule has 170 valence electrons. The first-order valence-electron chi connectivity index (χ1n) is 11.5. The van der Waals surface area contributed by atoms with E-state index >= 15 is 0 Å². The molecule has 3 aliphatic rings. The quantitative estimate of drug-likeness (QED) is 0.669. The molecule has 1 aromatic carbocycles. The van der Waals surface area contributed by atoms with Gasteiger partial charge in [0.1, 0.15) is 0 Å². The molecule has 2 amide bonds. The zero-order valence-corrected chi connectivity index (χ0v) is 19.6. The van der Waals surface area contributed by atoms with Gasteiger partial charge in [-0.2, -0.15) is 0 Å². The zero-order valence-electron chi connectivity index (χ0n) is 18.1. The van der Waals surface area contributed by atoms with Crippen LogP contribution >= 0.6 is 23.2 Å². The van der Waals surface area contributed by atoms with Crippen LogP contribution in [0.1, 0.15) is 31.2 Å². The molecule has 0 atom stereocenters. The van der Waals surface area contributed by atoms with Gasteiger partial charge < -0.3 is 9.80 Å². The van der Waals surface area contributed by atoms with Gasteiger partial charge in [-0.05, 0) is 30.5 Å². The molecule has 3 fully saturated rings.